The molecule has 0 aromatic carbocycles. The van der Waals surface area contributed by atoms with E-state index in [-0.39, 0.29) is 10.7 Å². The molecule has 0 bridgehead atoms. The number of nitrogens with two attached hydrogens (primary N) is 1. The van der Waals surface area contributed by atoms with E-state index >= 15 is 0 Å². The molecule has 0 saturated carbocycles. The molecule has 7 nitrogen and oxygen atoms in total. The molecule has 0 spiro atoms. The van der Waals surface area contributed by atoms with Crippen LogP contribution in [0, 0.1) is 5.92 Å². The SMILES string of the molecule is CCN1CCC(CNS(=O)(=O)c2cn[nH]c2N)CC1. The molecule has 1 saturated heterocycles. The number of aromatic nitrogens is 2. The zero-order chi connectivity index (χ0) is 13.9. The van der Waals surface area contributed by atoms with Crippen molar-refractivity contribution in [1.82, 2.24) is 19.8 Å². The fraction of sp³-hybridized carbons (Fsp3) is 0.727. The van der Waals surface area contributed by atoms with Gasteiger partial charge in [0, 0.05) is 6.54 Å². The Hall–Kier alpha value is -1.12. The number of aromatic amines is 1. The van der Waals surface area contributed by atoms with Crippen molar-refractivity contribution in [1.29, 1.82) is 0 Å². The number of sulfonamides is 1. The summed E-state index contributed by atoms with van der Waals surface area (Å²) in [6, 6.07) is 0. The summed E-state index contributed by atoms with van der Waals surface area (Å²) in [4.78, 5) is 2.40. The van der Waals surface area contributed by atoms with E-state index in [1.807, 2.05) is 0 Å². The first-order chi connectivity index (χ1) is 9.03. The third-order valence-electron chi connectivity index (χ3n) is 3.64. The van der Waals surface area contributed by atoms with E-state index in [2.05, 4.69) is 26.7 Å². The van der Waals surface area contributed by atoms with Crippen LogP contribution in [0.4, 0.5) is 5.82 Å². The quantitative estimate of drug-likeness (QED) is 0.707. The number of likely N-dealkylation sites (tertiary alicyclic amines) is 1. The van der Waals surface area contributed by atoms with Gasteiger partial charge < -0.3 is 10.6 Å². The second kappa shape index (κ2) is 5.89. The van der Waals surface area contributed by atoms with Gasteiger partial charge in [0.2, 0.25) is 10.0 Å². The number of rotatable bonds is 5. The summed E-state index contributed by atoms with van der Waals surface area (Å²) in [6.07, 6.45) is 3.28. The predicted molar refractivity (Wildman–Crippen MR) is 73.0 cm³/mol. The van der Waals surface area contributed by atoms with Gasteiger partial charge in [0.05, 0.1) is 6.20 Å². The molecule has 8 heteroatoms. The van der Waals surface area contributed by atoms with E-state index in [1.54, 1.807) is 0 Å². The molecule has 4 N–H and O–H groups in total. The second-order valence-corrected chi connectivity index (χ2v) is 6.61. The Balaban J connectivity index is 1.88. The van der Waals surface area contributed by atoms with Crippen LogP contribution in [0.1, 0.15) is 19.8 Å². The molecule has 19 heavy (non-hydrogen) atoms. The Morgan fingerprint density at radius 1 is 1.53 bits per heavy atom. The Morgan fingerprint density at radius 3 is 2.74 bits per heavy atom. The maximum Gasteiger partial charge on any atom is 0.245 e. The molecular weight excluding hydrogens is 266 g/mol. The highest BCUT2D eigenvalue weighted by atomic mass is 32.2. The van der Waals surface area contributed by atoms with Crippen LogP contribution in [0.25, 0.3) is 0 Å². The summed E-state index contributed by atoms with van der Waals surface area (Å²) in [5.41, 5.74) is 5.53. The molecule has 0 radical (unpaired) electrons. The van der Waals surface area contributed by atoms with Crippen molar-refractivity contribution in [3.63, 3.8) is 0 Å². The van der Waals surface area contributed by atoms with Gasteiger partial charge in [-0.15, -0.1) is 0 Å². The predicted octanol–water partition coefficient (Wildman–Crippen LogP) is 0.00210. The zero-order valence-corrected chi connectivity index (χ0v) is 11.9. The maximum absolute atomic E-state index is 12.0. The Kier molecular flexibility index (Phi) is 4.43. The molecule has 0 unspecified atom stereocenters. The minimum Gasteiger partial charge on any atom is -0.383 e. The average Bonchev–Trinajstić information content (AvgIpc) is 2.84. The highest BCUT2D eigenvalue weighted by Gasteiger charge is 2.23. The van der Waals surface area contributed by atoms with E-state index in [0.29, 0.717) is 12.5 Å². The van der Waals surface area contributed by atoms with Gasteiger partial charge in [-0.05, 0) is 38.4 Å². The number of H-pyrrole nitrogens is 1. The van der Waals surface area contributed by atoms with Crippen LogP contribution in [0.3, 0.4) is 0 Å². The normalized spacial score (nSPS) is 18.8. The first-order valence-electron chi connectivity index (χ1n) is 6.53. The molecule has 108 valence electrons. The van der Waals surface area contributed by atoms with Gasteiger partial charge >= 0.3 is 0 Å². The standard InChI is InChI=1S/C11H21N5O2S/c1-2-16-5-3-9(4-6-16)7-14-19(17,18)10-8-13-15-11(10)12/h8-9,14H,2-7H2,1H3,(H3,12,13,15). The molecule has 0 aliphatic carbocycles. The molecule has 0 atom stereocenters. The van der Waals surface area contributed by atoms with Crippen molar-refractivity contribution in [3.05, 3.63) is 6.20 Å². The van der Waals surface area contributed by atoms with Crippen molar-refractivity contribution in [3.8, 4) is 0 Å². The summed E-state index contributed by atoms with van der Waals surface area (Å²) >= 11 is 0. The van der Waals surface area contributed by atoms with Crippen LogP contribution < -0.4 is 10.5 Å². The van der Waals surface area contributed by atoms with Gasteiger partial charge in [0.15, 0.2) is 0 Å². The van der Waals surface area contributed by atoms with Crippen LogP contribution in [0.2, 0.25) is 0 Å². The van der Waals surface area contributed by atoms with Crippen molar-refractivity contribution in [2.75, 3.05) is 31.9 Å². The summed E-state index contributed by atoms with van der Waals surface area (Å²) in [6.45, 7) is 5.74. The minimum absolute atomic E-state index is 0.0264. The van der Waals surface area contributed by atoms with E-state index in [1.165, 1.54) is 6.20 Å². The van der Waals surface area contributed by atoms with Crippen LogP contribution in [0.5, 0.6) is 0 Å². The van der Waals surface area contributed by atoms with Crippen molar-refractivity contribution >= 4 is 15.8 Å². The van der Waals surface area contributed by atoms with Crippen LogP contribution in [0.15, 0.2) is 11.1 Å². The lowest BCUT2D eigenvalue weighted by Gasteiger charge is -2.30. The molecule has 2 rings (SSSR count). The van der Waals surface area contributed by atoms with Gasteiger partial charge in [0.1, 0.15) is 10.7 Å². The number of nitrogen functional groups attached to an aromatic ring is 1. The molecule has 0 amide bonds. The third-order valence-corrected chi connectivity index (χ3v) is 5.09. The molecule has 2 heterocycles. The molecule has 1 aliphatic heterocycles. The summed E-state index contributed by atoms with van der Waals surface area (Å²) in [7, 11) is -3.55. The Morgan fingerprint density at radius 2 is 2.21 bits per heavy atom. The van der Waals surface area contributed by atoms with Gasteiger partial charge in [0.25, 0.3) is 0 Å². The fourth-order valence-corrected chi connectivity index (χ4v) is 3.45. The van der Waals surface area contributed by atoms with E-state index < -0.39 is 10.0 Å². The number of piperidine rings is 1. The minimum atomic E-state index is -3.55. The summed E-state index contributed by atoms with van der Waals surface area (Å²) in [5, 5.41) is 6.06. The fourth-order valence-electron chi connectivity index (χ4n) is 2.31. The Bertz CT molecular complexity index is 505. The monoisotopic (exact) mass is 287 g/mol. The molecule has 1 aromatic rings. The smallest absolute Gasteiger partial charge is 0.245 e. The number of nitrogens with zero attached hydrogens (tertiary/aromatic N) is 2. The van der Waals surface area contributed by atoms with Crippen LogP contribution in [-0.2, 0) is 10.0 Å². The largest absolute Gasteiger partial charge is 0.383 e. The topological polar surface area (TPSA) is 104 Å². The van der Waals surface area contributed by atoms with Gasteiger partial charge in [-0.25, -0.2) is 13.1 Å². The van der Waals surface area contributed by atoms with Crippen molar-refractivity contribution < 1.29 is 8.42 Å². The first kappa shape index (κ1) is 14.3. The maximum atomic E-state index is 12.0. The van der Waals surface area contributed by atoms with Gasteiger partial charge in [-0.2, -0.15) is 5.10 Å². The number of hydrogen-bond donors (Lipinski definition) is 3. The van der Waals surface area contributed by atoms with E-state index in [9.17, 15) is 8.42 Å². The highest BCUT2D eigenvalue weighted by molar-refractivity contribution is 7.89. The van der Waals surface area contributed by atoms with E-state index in [0.717, 1.165) is 32.5 Å². The average molecular weight is 287 g/mol. The van der Waals surface area contributed by atoms with Crippen LogP contribution in [-0.4, -0.2) is 49.7 Å². The van der Waals surface area contributed by atoms with Gasteiger partial charge in [-0.3, -0.25) is 5.10 Å². The third kappa shape index (κ3) is 3.46. The number of anilines is 1. The highest BCUT2D eigenvalue weighted by Crippen LogP contribution is 2.18. The summed E-state index contributed by atoms with van der Waals surface area (Å²) < 4.78 is 26.6. The van der Waals surface area contributed by atoms with Crippen molar-refractivity contribution in [2.24, 2.45) is 5.92 Å². The van der Waals surface area contributed by atoms with Gasteiger partial charge in [-0.1, -0.05) is 6.92 Å². The second-order valence-electron chi connectivity index (χ2n) is 4.88. The number of hydrogen-bond acceptors (Lipinski definition) is 5. The lowest BCUT2D eigenvalue weighted by molar-refractivity contribution is 0.194. The summed E-state index contributed by atoms with van der Waals surface area (Å²) in [5.74, 6) is 0.471. The number of nitrogens with one attached hydrogen (secondary N) is 2. The van der Waals surface area contributed by atoms with Crippen molar-refractivity contribution in [2.45, 2.75) is 24.7 Å². The van der Waals surface area contributed by atoms with E-state index in [4.69, 9.17) is 5.73 Å². The zero-order valence-electron chi connectivity index (χ0n) is 11.1. The lowest BCUT2D eigenvalue weighted by Crippen LogP contribution is -2.38. The molecule has 1 fully saturated rings. The molecule has 1 aromatic heterocycles. The molecular formula is C11H21N5O2S. The van der Waals surface area contributed by atoms with Crippen LogP contribution >= 0.6 is 0 Å². The lowest BCUT2D eigenvalue weighted by atomic mass is 9.97. The Labute approximate surface area is 113 Å². The molecule has 1 aliphatic rings. The first-order valence-corrected chi connectivity index (χ1v) is 8.02.